The number of carbonyl (C=O) groups is 1. The third-order valence-corrected chi connectivity index (χ3v) is 7.38. The van der Waals surface area contributed by atoms with Crippen LogP contribution in [-0.2, 0) is 28.2 Å². The number of rotatable bonds is 5. The van der Waals surface area contributed by atoms with Gasteiger partial charge >= 0.3 is 0 Å². The monoisotopic (exact) mass is 434 g/mol. The minimum Gasteiger partial charge on any atom is -0.410 e. The van der Waals surface area contributed by atoms with E-state index in [4.69, 9.17) is 23.4 Å². The molecule has 0 aliphatic carbocycles. The molecular weight excluding hydrogens is 400 g/mol. The minimum absolute atomic E-state index is 0.110. The summed E-state index contributed by atoms with van der Waals surface area (Å²) in [6, 6.07) is 9.96. The summed E-state index contributed by atoms with van der Waals surface area (Å²) >= 11 is 0. The molecule has 166 valence electrons. The van der Waals surface area contributed by atoms with Crippen molar-refractivity contribution in [2.24, 2.45) is 0 Å². The second kappa shape index (κ2) is 8.11. The van der Waals surface area contributed by atoms with Crippen LogP contribution < -0.4 is 0 Å². The Kier molecular flexibility index (Phi) is 5.98. The van der Waals surface area contributed by atoms with Crippen molar-refractivity contribution >= 4 is 14.6 Å². The first-order chi connectivity index (χ1) is 14.1. The molecule has 4 rings (SSSR count). The highest BCUT2D eigenvalue weighted by Gasteiger charge is 2.59. The summed E-state index contributed by atoms with van der Waals surface area (Å²) in [5, 5.41) is 0. The van der Waals surface area contributed by atoms with E-state index in [1.54, 1.807) is 0 Å². The molecule has 0 unspecified atom stereocenters. The SMILES string of the molecule is C[C@@]12C[C@](C)(O[Si](C)(C)C)[C@@H](CC=O)O[C@H]1C[C@H]1O[C@@H](c3ccccc3)OC[C@@H]1O2. The molecular formula is C23H34O6Si. The van der Waals surface area contributed by atoms with Crippen LogP contribution in [0.3, 0.4) is 0 Å². The highest BCUT2D eigenvalue weighted by molar-refractivity contribution is 6.69. The maximum absolute atomic E-state index is 11.4. The predicted octanol–water partition coefficient (Wildman–Crippen LogP) is 4.00. The number of benzene rings is 1. The zero-order chi connectivity index (χ0) is 21.6. The lowest BCUT2D eigenvalue weighted by Crippen LogP contribution is -2.68. The molecule has 0 N–H and O–H groups in total. The number of fused-ring (bicyclic) bond motifs is 2. The Balaban J connectivity index is 1.52. The van der Waals surface area contributed by atoms with Gasteiger partial charge in [-0.05, 0) is 33.5 Å². The molecule has 3 fully saturated rings. The molecule has 30 heavy (non-hydrogen) atoms. The van der Waals surface area contributed by atoms with Crippen LogP contribution in [0.4, 0.5) is 0 Å². The number of hydrogen-bond acceptors (Lipinski definition) is 6. The predicted molar refractivity (Wildman–Crippen MR) is 115 cm³/mol. The molecule has 0 aromatic heterocycles. The Bertz CT molecular complexity index is 752. The molecule has 7 atom stereocenters. The number of carbonyl (C=O) groups excluding carboxylic acids is 1. The Morgan fingerprint density at radius 1 is 1.13 bits per heavy atom. The van der Waals surface area contributed by atoms with Crippen molar-refractivity contribution in [2.45, 2.75) is 94.7 Å². The van der Waals surface area contributed by atoms with Gasteiger partial charge < -0.3 is 28.2 Å². The maximum atomic E-state index is 11.4. The van der Waals surface area contributed by atoms with Crippen LogP contribution in [0.1, 0.15) is 45.0 Å². The van der Waals surface area contributed by atoms with Gasteiger partial charge in [-0.1, -0.05) is 30.3 Å². The van der Waals surface area contributed by atoms with E-state index in [0.29, 0.717) is 25.9 Å². The zero-order valence-corrected chi connectivity index (χ0v) is 19.6. The van der Waals surface area contributed by atoms with Gasteiger partial charge in [0.05, 0.1) is 36.1 Å². The van der Waals surface area contributed by atoms with Gasteiger partial charge in [0.25, 0.3) is 0 Å². The summed E-state index contributed by atoms with van der Waals surface area (Å²) in [6.07, 6.45) is 1.55. The van der Waals surface area contributed by atoms with Gasteiger partial charge in [-0.25, -0.2) is 0 Å². The van der Waals surface area contributed by atoms with E-state index >= 15 is 0 Å². The molecule has 7 heteroatoms. The van der Waals surface area contributed by atoms with Crippen LogP contribution in [0.25, 0.3) is 0 Å². The Labute approximate surface area is 180 Å². The van der Waals surface area contributed by atoms with E-state index in [0.717, 1.165) is 11.8 Å². The molecule has 0 saturated carbocycles. The first-order valence-corrected chi connectivity index (χ1v) is 14.3. The third kappa shape index (κ3) is 4.42. The van der Waals surface area contributed by atoms with Crippen molar-refractivity contribution in [1.29, 1.82) is 0 Å². The Hall–Kier alpha value is -1.09. The molecule has 1 aromatic carbocycles. The van der Waals surface area contributed by atoms with Gasteiger partial charge in [-0.2, -0.15) is 0 Å². The fourth-order valence-electron chi connectivity index (χ4n) is 5.26. The third-order valence-electron chi connectivity index (χ3n) is 6.31. The van der Waals surface area contributed by atoms with Gasteiger partial charge in [0.2, 0.25) is 0 Å². The van der Waals surface area contributed by atoms with Crippen LogP contribution in [0.15, 0.2) is 30.3 Å². The minimum atomic E-state index is -1.86. The molecule has 0 spiro atoms. The first-order valence-electron chi connectivity index (χ1n) is 10.9. The number of hydrogen-bond donors (Lipinski definition) is 0. The smallest absolute Gasteiger partial charge is 0.184 e. The van der Waals surface area contributed by atoms with Crippen molar-refractivity contribution in [1.82, 2.24) is 0 Å². The molecule has 0 radical (unpaired) electrons. The van der Waals surface area contributed by atoms with E-state index in [2.05, 4.69) is 33.5 Å². The lowest BCUT2D eigenvalue weighted by molar-refractivity contribution is -0.352. The Morgan fingerprint density at radius 2 is 1.87 bits per heavy atom. The van der Waals surface area contributed by atoms with Crippen molar-refractivity contribution < 1.29 is 28.2 Å². The normalized spacial score (nSPS) is 41.6. The average Bonchev–Trinajstić information content (AvgIpc) is 2.66. The van der Waals surface area contributed by atoms with Gasteiger partial charge in [0, 0.05) is 24.8 Å². The van der Waals surface area contributed by atoms with Crippen LogP contribution in [0.2, 0.25) is 19.6 Å². The zero-order valence-electron chi connectivity index (χ0n) is 18.6. The molecule has 6 nitrogen and oxygen atoms in total. The van der Waals surface area contributed by atoms with Gasteiger partial charge in [-0.3, -0.25) is 0 Å². The molecule has 3 saturated heterocycles. The fourth-order valence-corrected chi connectivity index (χ4v) is 6.86. The maximum Gasteiger partial charge on any atom is 0.184 e. The van der Waals surface area contributed by atoms with Crippen molar-refractivity contribution in [2.75, 3.05) is 6.61 Å². The summed E-state index contributed by atoms with van der Waals surface area (Å²) in [5.74, 6) is 0. The molecule has 1 aromatic rings. The molecule has 0 bridgehead atoms. The second-order valence-corrected chi connectivity index (χ2v) is 14.6. The molecule has 3 aliphatic rings. The summed E-state index contributed by atoms with van der Waals surface area (Å²) in [6.45, 7) is 11.1. The van der Waals surface area contributed by atoms with E-state index in [1.165, 1.54) is 0 Å². The van der Waals surface area contributed by atoms with Crippen molar-refractivity contribution in [3.05, 3.63) is 35.9 Å². The van der Waals surface area contributed by atoms with Crippen molar-refractivity contribution in [3.8, 4) is 0 Å². The van der Waals surface area contributed by atoms with Crippen LogP contribution in [0.5, 0.6) is 0 Å². The lowest BCUT2D eigenvalue weighted by Gasteiger charge is -2.58. The largest absolute Gasteiger partial charge is 0.410 e. The lowest BCUT2D eigenvalue weighted by atomic mass is 9.74. The van der Waals surface area contributed by atoms with Crippen molar-refractivity contribution in [3.63, 3.8) is 0 Å². The van der Waals surface area contributed by atoms with Crippen LogP contribution >= 0.6 is 0 Å². The standard InChI is InChI=1S/C23H34O6Si/c1-22-15-23(2,29-30(3,4)5)19(11-12-24)27-20(22)13-17-18(28-22)14-25-21(26-17)16-9-7-6-8-10-16/h6-10,12,17-21H,11,13-15H2,1-5H3/t17-,18+,19-,20+,21+,22-,23+/m1/s1. The van der Waals surface area contributed by atoms with Crippen LogP contribution in [-0.4, -0.2) is 56.8 Å². The fraction of sp³-hybridized carbons (Fsp3) is 0.696. The van der Waals surface area contributed by atoms with Crippen LogP contribution in [0, 0.1) is 0 Å². The number of ether oxygens (including phenoxy) is 4. The van der Waals surface area contributed by atoms with E-state index in [9.17, 15) is 4.79 Å². The van der Waals surface area contributed by atoms with Gasteiger partial charge in [-0.15, -0.1) is 0 Å². The van der Waals surface area contributed by atoms with Gasteiger partial charge in [0.15, 0.2) is 14.6 Å². The first kappa shape index (κ1) is 22.1. The van der Waals surface area contributed by atoms with E-state index in [1.807, 2.05) is 30.3 Å². The van der Waals surface area contributed by atoms with E-state index < -0.39 is 25.8 Å². The van der Waals surface area contributed by atoms with E-state index in [-0.39, 0.29) is 24.4 Å². The van der Waals surface area contributed by atoms with Gasteiger partial charge in [0.1, 0.15) is 12.4 Å². The Morgan fingerprint density at radius 3 is 2.53 bits per heavy atom. The summed E-state index contributed by atoms with van der Waals surface area (Å²) in [7, 11) is -1.86. The summed E-state index contributed by atoms with van der Waals surface area (Å²) in [4.78, 5) is 11.4. The topological polar surface area (TPSA) is 63.2 Å². The molecule has 3 aliphatic heterocycles. The summed E-state index contributed by atoms with van der Waals surface area (Å²) < 4.78 is 31.9. The number of aldehydes is 1. The molecule has 3 heterocycles. The highest BCUT2D eigenvalue weighted by atomic mass is 28.4. The highest BCUT2D eigenvalue weighted by Crippen LogP contribution is 2.48. The molecule has 0 amide bonds. The summed E-state index contributed by atoms with van der Waals surface area (Å²) in [5.41, 5.74) is -0.0722. The second-order valence-electron chi connectivity index (χ2n) is 10.2. The average molecular weight is 435 g/mol. The quantitative estimate of drug-likeness (QED) is 0.516.